The van der Waals surface area contributed by atoms with Crippen molar-refractivity contribution in [3.8, 4) is 5.75 Å². The topological polar surface area (TPSA) is 30.5 Å². The van der Waals surface area contributed by atoms with E-state index in [1.807, 2.05) is 31.2 Å². The predicted molar refractivity (Wildman–Crippen MR) is 83.5 cm³/mol. The van der Waals surface area contributed by atoms with Crippen molar-refractivity contribution in [1.82, 2.24) is 5.32 Å². The molecule has 1 N–H and O–H groups in total. The highest BCUT2D eigenvalue weighted by atomic mass is 16.5. The van der Waals surface area contributed by atoms with Crippen molar-refractivity contribution in [2.45, 2.75) is 19.1 Å². The molecule has 1 aliphatic heterocycles. The summed E-state index contributed by atoms with van der Waals surface area (Å²) in [5.74, 6) is 0.921. The molecule has 1 heterocycles. The molecule has 2 aromatic carbocycles. The number of morpholine rings is 1. The summed E-state index contributed by atoms with van der Waals surface area (Å²) in [5.41, 5.74) is 2.40. The molecular formula is C18H21NO2. The smallest absolute Gasteiger partial charge is 0.125 e. The largest absolute Gasteiger partial charge is 0.493 e. The van der Waals surface area contributed by atoms with E-state index in [1.54, 1.807) is 0 Å². The molecule has 0 spiro atoms. The lowest BCUT2D eigenvalue weighted by molar-refractivity contribution is 0.000973. The highest BCUT2D eigenvalue weighted by molar-refractivity contribution is 5.36. The van der Waals surface area contributed by atoms with Crippen LogP contribution >= 0.6 is 0 Å². The van der Waals surface area contributed by atoms with Gasteiger partial charge in [0.25, 0.3) is 0 Å². The Morgan fingerprint density at radius 1 is 1.10 bits per heavy atom. The van der Waals surface area contributed by atoms with E-state index in [2.05, 4.69) is 35.6 Å². The van der Waals surface area contributed by atoms with Gasteiger partial charge in [0.15, 0.2) is 0 Å². The lowest BCUT2D eigenvalue weighted by Gasteiger charge is -2.31. The van der Waals surface area contributed by atoms with E-state index in [9.17, 15) is 0 Å². The van der Waals surface area contributed by atoms with Gasteiger partial charge in [0.2, 0.25) is 0 Å². The molecule has 0 saturated carbocycles. The van der Waals surface area contributed by atoms with Gasteiger partial charge in [-0.3, -0.25) is 0 Å². The monoisotopic (exact) mass is 283 g/mol. The van der Waals surface area contributed by atoms with Crippen LogP contribution in [0.4, 0.5) is 0 Å². The molecule has 2 atom stereocenters. The molecule has 0 amide bonds. The van der Waals surface area contributed by atoms with Crippen LogP contribution in [0.1, 0.15) is 30.2 Å². The molecule has 21 heavy (non-hydrogen) atoms. The second-order valence-electron chi connectivity index (χ2n) is 5.16. The zero-order chi connectivity index (χ0) is 14.5. The molecule has 0 aliphatic carbocycles. The predicted octanol–water partition coefficient (Wildman–Crippen LogP) is 3.49. The number of hydrogen-bond acceptors (Lipinski definition) is 3. The van der Waals surface area contributed by atoms with E-state index in [-0.39, 0.29) is 12.1 Å². The maximum absolute atomic E-state index is 6.08. The third-order valence-electron chi connectivity index (χ3n) is 3.78. The standard InChI is InChI=1S/C18H21NO2/c1-2-20-17-11-7-6-10-15(17)18-12-19-16(13-21-18)14-8-4-3-5-9-14/h3-11,16,18-19H,2,12-13H2,1H3. The summed E-state index contributed by atoms with van der Waals surface area (Å²) in [6, 6.07) is 18.8. The first-order valence-electron chi connectivity index (χ1n) is 7.50. The lowest BCUT2D eigenvalue weighted by atomic mass is 10.0. The fourth-order valence-corrected chi connectivity index (χ4v) is 2.71. The van der Waals surface area contributed by atoms with Gasteiger partial charge >= 0.3 is 0 Å². The van der Waals surface area contributed by atoms with Crippen LogP contribution in [0.3, 0.4) is 0 Å². The molecule has 3 heteroatoms. The first-order chi connectivity index (χ1) is 10.4. The Labute approximate surface area is 125 Å². The minimum absolute atomic E-state index is 0.0488. The molecule has 0 aromatic heterocycles. The number of ether oxygens (including phenoxy) is 2. The quantitative estimate of drug-likeness (QED) is 0.931. The van der Waals surface area contributed by atoms with Crippen molar-refractivity contribution in [1.29, 1.82) is 0 Å². The summed E-state index contributed by atoms with van der Waals surface area (Å²) in [5, 5.41) is 3.57. The van der Waals surface area contributed by atoms with Crippen LogP contribution in [0, 0.1) is 0 Å². The fourth-order valence-electron chi connectivity index (χ4n) is 2.71. The molecule has 2 unspecified atom stereocenters. The van der Waals surface area contributed by atoms with E-state index in [4.69, 9.17) is 9.47 Å². The second kappa shape index (κ2) is 6.74. The maximum atomic E-state index is 6.08. The summed E-state index contributed by atoms with van der Waals surface area (Å²) >= 11 is 0. The van der Waals surface area contributed by atoms with Crippen molar-refractivity contribution >= 4 is 0 Å². The second-order valence-corrected chi connectivity index (χ2v) is 5.16. The molecule has 110 valence electrons. The minimum atomic E-state index is 0.0488. The average Bonchev–Trinajstić information content (AvgIpc) is 2.57. The Kier molecular flexibility index (Phi) is 4.53. The summed E-state index contributed by atoms with van der Waals surface area (Å²) in [4.78, 5) is 0. The lowest BCUT2D eigenvalue weighted by Crippen LogP contribution is -2.36. The van der Waals surface area contributed by atoms with Crippen molar-refractivity contribution in [2.75, 3.05) is 19.8 Å². The number of nitrogens with one attached hydrogen (secondary N) is 1. The molecule has 3 nitrogen and oxygen atoms in total. The molecule has 1 saturated heterocycles. The molecular weight excluding hydrogens is 262 g/mol. The first kappa shape index (κ1) is 14.1. The van der Waals surface area contributed by atoms with E-state index in [1.165, 1.54) is 5.56 Å². The Morgan fingerprint density at radius 2 is 1.86 bits per heavy atom. The third-order valence-corrected chi connectivity index (χ3v) is 3.78. The van der Waals surface area contributed by atoms with Gasteiger partial charge in [-0.25, -0.2) is 0 Å². The Morgan fingerprint density at radius 3 is 2.57 bits per heavy atom. The maximum Gasteiger partial charge on any atom is 0.125 e. The highest BCUT2D eigenvalue weighted by Crippen LogP contribution is 2.31. The van der Waals surface area contributed by atoms with E-state index in [0.29, 0.717) is 13.2 Å². The van der Waals surface area contributed by atoms with E-state index >= 15 is 0 Å². The van der Waals surface area contributed by atoms with Gasteiger partial charge in [0, 0.05) is 12.1 Å². The fraction of sp³-hybridized carbons (Fsp3) is 0.333. The summed E-state index contributed by atoms with van der Waals surface area (Å²) < 4.78 is 11.8. The van der Waals surface area contributed by atoms with Crippen LogP contribution in [-0.4, -0.2) is 19.8 Å². The van der Waals surface area contributed by atoms with Crippen LogP contribution in [-0.2, 0) is 4.74 Å². The molecule has 1 fully saturated rings. The molecule has 0 bridgehead atoms. The Bertz CT molecular complexity index is 562. The van der Waals surface area contributed by atoms with Gasteiger partial charge in [-0.1, -0.05) is 48.5 Å². The molecule has 1 aliphatic rings. The number of hydrogen-bond donors (Lipinski definition) is 1. The summed E-state index contributed by atoms with van der Waals surface area (Å²) in [7, 11) is 0. The van der Waals surface area contributed by atoms with Crippen LogP contribution in [0.25, 0.3) is 0 Å². The minimum Gasteiger partial charge on any atom is -0.493 e. The zero-order valence-corrected chi connectivity index (χ0v) is 12.3. The van der Waals surface area contributed by atoms with E-state index in [0.717, 1.165) is 17.9 Å². The van der Waals surface area contributed by atoms with Crippen LogP contribution in [0.15, 0.2) is 54.6 Å². The SMILES string of the molecule is CCOc1ccccc1C1CNC(c2ccccc2)CO1. The van der Waals surface area contributed by atoms with Crippen molar-refractivity contribution in [2.24, 2.45) is 0 Å². The number of para-hydroxylation sites is 1. The van der Waals surface area contributed by atoms with Crippen LogP contribution < -0.4 is 10.1 Å². The first-order valence-corrected chi connectivity index (χ1v) is 7.50. The van der Waals surface area contributed by atoms with Gasteiger partial charge in [-0.2, -0.15) is 0 Å². The zero-order valence-electron chi connectivity index (χ0n) is 12.3. The van der Waals surface area contributed by atoms with E-state index < -0.39 is 0 Å². The molecule has 3 rings (SSSR count). The molecule has 0 radical (unpaired) electrons. The Hall–Kier alpha value is -1.84. The van der Waals surface area contributed by atoms with Gasteiger partial charge in [-0.15, -0.1) is 0 Å². The number of benzene rings is 2. The highest BCUT2D eigenvalue weighted by Gasteiger charge is 2.25. The van der Waals surface area contributed by atoms with Crippen molar-refractivity contribution in [3.63, 3.8) is 0 Å². The molecule has 2 aromatic rings. The van der Waals surface area contributed by atoms with Crippen molar-refractivity contribution in [3.05, 3.63) is 65.7 Å². The summed E-state index contributed by atoms with van der Waals surface area (Å²) in [6.07, 6.45) is 0.0488. The van der Waals surface area contributed by atoms with Gasteiger partial charge in [0.05, 0.1) is 25.4 Å². The normalized spacial score (nSPS) is 22.0. The van der Waals surface area contributed by atoms with Gasteiger partial charge < -0.3 is 14.8 Å². The van der Waals surface area contributed by atoms with Gasteiger partial charge in [-0.05, 0) is 18.6 Å². The summed E-state index contributed by atoms with van der Waals surface area (Å²) in [6.45, 7) is 4.14. The van der Waals surface area contributed by atoms with Crippen LogP contribution in [0.2, 0.25) is 0 Å². The Balaban J connectivity index is 1.69. The third kappa shape index (κ3) is 3.26. The van der Waals surface area contributed by atoms with Crippen molar-refractivity contribution < 1.29 is 9.47 Å². The van der Waals surface area contributed by atoms with Gasteiger partial charge in [0.1, 0.15) is 5.75 Å². The average molecular weight is 283 g/mol. The van der Waals surface area contributed by atoms with Crippen LogP contribution in [0.5, 0.6) is 5.75 Å². The number of rotatable bonds is 4.